The molecule has 282 valence electrons. The van der Waals surface area contributed by atoms with E-state index in [1.807, 2.05) is 0 Å². The van der Waals surface area contributed by atoms with Crippen LogP contribution in [0.5, 0.6) is 0 Å². The minimum absolute atomic E-state index is 0.129. The van der Waals surface area contributed by atoms with Gasteiger partial charge in [0.2, 0.25) is 0 Å². The summed E-state index contributed by atoms with van der Waals surface area (Å²) in [6.45, 7) is 4.74. The summed E-state index contributed by atoms with van der Waals surface area (Å²) >= 11 is 0. The SMILES string of the molecule is CC1(C)c2ccccc2-c2c(N(c3ccccc3)c3ccccc3-c3cccc4c3C3(c5ccccc5-c5ccccc53)c3cccc5c6ccccc6n-4c35)cccc21. The van der Waals surface area contributed by atoms with E-state index in [9.17, 15) is 0 Å². The highest BCUT2D eigenvalue weighted by atomic mass is 15.1. The van der Waals surface area contributed by atoms with Gasteiger partial charge in [0, 0.05) is 38.6 Å². The second-order valence-electron chi connectivity index (χ2n) is 17.2. The molecule has 0 bridgehead atoms. The summed E-state index contributed by atoms with van der Waals surface area (Å²) in [5.41, 5.74) is 22.1. The van der Waals surface area contributed by atoms with E-state index in [0.717, 1.165) is 11.4 Å². The fraction of sp³-hybridized carbons (Fsp3) is 0.0690. The van der Waals surface area contributed by atoms with Crippen LogP contribution in [0.3, 0.4) is 0 Å². The Morgan fingerprint density at radius 2 is 0.917 bits per heavy atom. The molecule has 0 saturated heterocycles. The molecule has 0 radical (unpaired) electrons. The molecule has 60 heavy (non-hydrogen) atoms. The van der Waals surface area contributed by atoms with Crippen LogP contribution in [0.15, 0.2) is 206 Å². The van der Waals surface area contributed by atoms with Gasteiger partial charge in [-0.3, -0.25) is 0 Å². The van der Waals surface area contributed by atoms with E-state index in [1.54, 1.807) is 0 Å². The maximum atomic E-state index is 2.56. The van der Waals surface area contributed by atoms with Gasteiger partial charge in [0.05, 0.1) is 33.5 Å². The molecule has 1 aliphatic heterocycles. The van der Waals surface area contributed by atoms with Crippen molar-refractivity contribution in [2.75, 3.05) is 4.90 Å². The highest BCUT2D eigenvalue weighted by Gasteiger charge is 2.52. The summed E-state index contributed by atoms with van der Waals surface area (Å²) in [5, 5.41) is 2.57. The molecule has 2 heterocycles. The molecule has 1 aromatic heterocycles. The van der Waals surface area contributed by atoms with Crippen molar-refractivity contribution in [2.45, 2.75) is 24.7 Å². The van der Waals surface area contributed by atoms with Crippen LogP contribution in [0.2, 0.25) is 0 Å². The molecule has 2 heteroatoms. The molecule has 3 aliphatic rings. The Kier molecular flexibility index (Phi) is 6.74. The van der Waals surface area contributed by atoms with Crippen LogP contribution in [0.4, 0.5) is 17.1 Å². The summed E-state index contributed by atoms with van der Waals surface area (Å²) in [7, 11) is 0. The monoisotopic (exact) mass is 764 g/mol. The summed E-state index contributed by atoms with van der Waals surface area (Å²) in [6.07, 6.45) is 0. The Bertz CT molecular complexity index is 3370. The number of hydrogen-bond acceptors (Lipinski definition) is 1. The van der Waals surface area contributed by atoms with Gasteiger partial charge in [-0.25, -0.2) is 0 Å². The summed E-state index contributed by atoms with van der Waals surface area (Å²) < 4.78 is 2.56. The third-order valence-electron chi connectivity index (χ3n) is 14.0. The first-order chi connectivity index (χ1) is 29.6. The van der Waals surface area contributed by atoms with E-state index < -0.39 is 5.41 Å². The average molecular weight is 765 g/mol. The molecule has 0 atom stereocenters. The van der Waals surface area contributed by atoms with Gasteiger partial charge in [0.1, 0.15) is 0 Å². The smallest absolute Gasteiger partial charge is 0.0760 e. The lowest BCUT2D eigenvalue weighted by Gasteiger charge is -2.41. The Hall–Kier alpha value is -7.42. The zero-order valence-electron chi connectivity index (χ0n) is 33.5. The van der Waals surface area contributed by atoms with E-state index in [0.29, 0.717) is 0 Å². The molecular weight excluding hydrogens is 725 g/mol. The van der Waals surface area contributed by atoms with Crippen molar-refractivity contribution in [2.24, 2.45) is 0 Å². The van der Waals surface area contributed by atoms with Crippen molar-refractivity contribution >= 4 is 38.9 Å². The molecule has 0 saturated carbocycles. The van der Waals surface area contributed by atoms with Gasteiger partial charge in [-0.15, -0.1) is 0 Å². The van der Waals surface area contributed by atoms with Crippen molar-refractivity contribution in [3.05, 3.63) is 240 Å². The minimum atomic E-state index is -0.579. The van der Waals surface area contributed by atoms with Gasteiger partial charge in [-0.2, -0.15) is 0 Å². The lowest BCUT2D eigenvalue weighted by atomic mass is 9.63. The van der Waals surface area contributed by atoms with Crippen LogP contribution in [0.1, 0.15) is 47.2 Å². The van der Waals surface area contributed by atoms with Gasteiger partial charge in [0.15, 0.2) is 0 Å². The molecular formula is C58H40N2. The number of para-hydroxylation sites is 4. The molecule has 0 fully saturated rings. The number of rotatable bonds is 4. The summed E-state index contributed by atoms with van der Waals surface area (Å²) in [4.78, 5) is 2.52. The van der Waals surface area contributed by atoms with E-state index in [2.05, 4.69) is 230 Å². The van der Waals surface area contributed by atoms with E-state index >= 15 is 0 Å². The number of anilines is 3. The number of nitrogens with zero attached hydrogens (tertiary/aromatic N) is 2. The van der Waals surface area contributed by atoms with Crippen LogP contribution in [-0.4, -0.2) is 4.57 Å². The maximum absolute atomic E-state index is 2.56. The second kappa shape index (κ2) is 12.1. The van der Waals surface area contributed by atoms with Crippen LogP contribution >= 0.6 is 0 Å². The Balaban J connectivity index is 1.17. The first kappa shape index (κ1) is 33.5. The predicted molar refractivity (Wildman–Crippen MR) is 249 cm³/mol. The largest absolute Gasteiger partial charge is 0.309 e. The summed E-state index contributed by atoms with van der Waals surface area (Å²) in [6, 6.07) is 77.3. The molecule has 10 aromatic rings. The molecule has 0 N–H and O–H groups in total. The average Bonchev–Trinajstić information content (AvgIpc) is 3.88. The number of hydrogen-bond donors (Lipinski definition) is 0. The molecule has 9 aromatic carbocycles. The van der Waals surface area contributed by atoms with Gasteiger partial charge >= 0.3 is 0 Å². The molecule has 0 unspecified atom stereocenters. The third kappa shape index (κ3) is 4.13. The Morgan fingerprint density at radius 1 is 0.383 bits per heavy atom. The highest BCUT2D eigenvalue weighted by Crippen LogP contribution is 2.63. The lowest BCUT2D eigenvalue weighted by molar-refractivity contribution is 0.660. The third-order valence-corrected chi connectivity index (χ3v) is 14.0. The molecule has 0 amide bonds. The number of fused-ring (bicyclic) bond motifs is 15. The number of aromatic nitrogens is 1. The van der Waals surface area contributed by atoms with Gasteiger partial charge < -0.3 is 9.47 Å². The van der Waals surface area contributed by atoms with Crippen LogP contribution < -0.4 is 4.90 Å². The molecule has 2 nitrogen and oxygen atoms in total. The molecule has 2 aliphatic carbocycles. The zero-order chi connectivity index (χ0) is 39.7. The van der Waals surface area contributed by atoms with E-state index in [1.165, 1.54) is 99.9 Å². The number of benzene rings is 9. The minimum Gasteiger partial charge on any atom is -0.309 e. The predicted octanol–water partition coefficient (Wildman–Crippen LogP) is 14.9. The van der Waals surface area contributed by atoms with E-state index in [-0.39, 0.29) is 5.41 Å². The Labute approximate surface area is 350 Å². The second-order valence-corrected chi connectivity index (χ2v) is 17.2. The van der Waals surface area contributed by atoms with E-state index in [4.69, 9.17) is 0 Å². The standard InChI is InChI=1S/C58H40N2/c1-57(2)45-28-11-8-25-44(45)54-48(57)31-18-35-52(54)59(37-19-4-3-5-20-37)50-33-14-9-23-40(50)42-26-17-36-53-55(42)58(46-29-12-6-21-38(46)39-22-7-13-30-47(39)58)49-32-16-27-43-41-24-10-15-34-51(41)60(53)56(43)49/h3-36H,1-2H3. The lowest BCUT2D eigenvalue weighted by Crippen LogP contribution is -2.34. The fourth-order valence-corrected chi connectivity index (χ4v) is 11.6. The molecule has 13 rings (SSSR count). The maximum Gasteiger partial charge on any atom is 0.0760 e. The van der Waals surface area contributed by atoms with Crippen molar-refractivity contribution < 1.29 is 0 Å². The zero-order valence-corrected chi connectivity index (χ0v) is 33.5. The van der Waals surface area contributed by atoms with Crippen molar-refractivity contribution in [3.8, 4) is 39.1 Å². The topological polar surface area (TPSA) is 8.17 Å². The van der Waals surface area contributed by atoms with Crippen molar-refractivity contribution in [3.63, 3.8) is 0 Å². The first-order valence-corrected chi connectivity index (χ1v) is 21.1. The van der Waals surface area contributed by atoms with Gasteiger partial charge in [-0.05, 0) is 86.5 Å². The van der Waals surface area contributed by atoms with Crippen LogP contribution in [0, 0.1) is 0 Å². The van der Waals surface area contributed by atoms with Crippen molar-refractivity contribution in [1.82, 2.24) is 4.57 Å². The van der Waals surface area contributed by atoms with Crippen molar-refractivity contribution in [1.29, 1.82) is 0 Å². The van der Waals surface area contributed by atoms with Gasteiger partial charge in [0.25, 0.3) is 0 Å². The summed E-state index contributed by atoms with van der Waals surface area (Å²) in [5.74, 6) is 0. The van der Waals surface area contributed by atoms with Crippen LogP contribution in [0.25, 0.3) is 60.9 Å². The molecule has 1 spiro atoms. The first-order valence-electron chi connectivity index (χ1n) is 21.1. The van der Waals surface area contributed by atoms with Gasteiger partial charge in [-0.1, -0.05) is 184 Å². The highest BCUT2D eigenvalue weighted by molar-refractivity contribution is 6.13. The Morgan fingerprint density at radius 3 is 1.70 bits per heavy atom. The quantitative estimate of drug-likeness (QED) is 0.173. The normalized spacial score (nSPS) is 14.4. The van der Waals surface area contributed by atoms with Crippen LogP contribution in [-0.2, 0) is 10.8 Å². The fourth-order valence-electron chi connectivity index (χ4n) is 11.6.